The van der Waals surface area contributed by atoms with Gasteiger partial charge in [0.1, 0.15) is 0 Å². The molecule has 0 bridgehead atoms. The highest BCUT2D eigenvalue weighted by molar-refractivity contribution is 5.24. The molecule has 0 aliphatic carbocycles. The van der Waals surface area contributed by atoms with Gasteiger partial charge in [0.15, 0.2) is 0 Å². The zero-order chi connectivity index (χ0) is 15.3. The Balaban J connectivity index is 2.60. The molecule has 0 heterocycles. The van der Waals surface area contributed by atoms with Crippen molar-refractivity contribution in [1.29, 1.82) is 0 Å². The minimum atomic E-state index is -4.27. The molecule has 1 rings (SSSR count). The van der Waals surface area contributed by atoms with Crippen molar-refractivity contribution in [3.8, 4) is 0 Å². The summed E-state index contributed by atoms with van der Waals surface area (Å²) < 4.78 is 37.4. The van der Waals surface area contributed by atoms with Gasteiger partial charge in [-0.3, -0.25) is 0 Å². The number of hydrogen-bond donors (Lipinski definition) is 1. The van der Waals surface area contributed by atoms with Crippen molar-refractivity contribution in [2.45, 2.75) is 32.6 Å². The third kappa shape index (κ3) is 5.51. The standard InChI is InChI=1S/C15H23F3N2/c1-11(2)14(10-20(3)4)19-9-12-5-7-13(8-6-12)15(16,17)18/h5-8,11,14,19H,9-10H2,1-4H3. The summed E-state index contributed by atoms with van der Waals surface area (Å²) in [6.07, 6.45) is -4.27. The number of likely N-dealkylation sites (N-methyl/N-ethyl adjacent to an activating group) is 1. The molecule has 0 fully saturated rings. The molecule has 1 aromatic rings. The van der Waals surface area contributed by atoms with E-state index in [1.807, 2.05) is 14.1 Å². The number of nitrogens with zero attached hydrogens (tertiary/aromatic N) is 1. The fourth-order valence-electron chi connectivity index (χ4n) is 1.96. The van der Waals surface area contributed by atoms with Gasteiger partial charge in [-0.05, 0) is 37.7 Å². The van der Waals surface area contributed by atoms with Crippen molar-refractivity contribution in [2.24, 2.45) is 5.92 Å². The molecule has 0 spiro atoms. The highest BCUT2D eigenvalue weighted by atomic mass is 19.4. The van der Waals surface area contributed by atoms with E-state index in [2.05, 4.69) is 24.1 Å². The van der Waals surface area contributed by atoms with Gasteiger partial charge in [0, 0.05) is 19.1 Å². The average molecular weight is 288 g/mol. The molecule has 1 N–H and O–H groups in total. The highest BCUT2D eigenvalue weighted by Crippen LogP contribution is 2.29. The lowest BCUT2D eigenvalue weighted by Crippen LogP contribution is -2.41. The molecular formula is C15H23F3N2. The number of hydrogen-bond acceptors (Lipinski definition) is 2. The molecule has 1 aromatic carbocycles. The summed E-state index contributed by atoms with van der Waals surface area (Å²) >= 11 is 0. The molecule has 0 radical (unpaired) electrons. The van der Waals surface area contributed by atoms with E-state index in [-0.39, 0.29) is 0 Å². The van der Waals surface area contributed by atoms with Crippen LogP contribution in [0.4, 0.5) is 13.2 Å². The first-order chi connectivity index (χ1) is 9.20. The predicted molar refractivity (Wildman–Crippen MR) is 75.5 cm³/mol. The fourth-order valence-corrected chi connectivity index (χ4v) is 1.96. The molecule has 0 aromatic heterocycles. The Morgan fingerprint density at radius 2 is 1.65 bits per heavy atom. The zero-order valence-corrected chi connectivity index (χ0v) is 12.5. The molecule has 114 valence electrons. The second kappa shape index (κ2) is 7.09. The van der Waals surface area contributed by atoms with Gasteiger partial charge in [-0.2, -0.15) is 13.2 Å². The molecule has 20 heavy (non-hydrogen) atoms. The van der Waals surface area contributed by atoms with Crippen LogP contribution in [0.2, 0.25) is 0 Å². The predicted octanol–water partition coefficient (Wildman–Crippen LogP) is 3.38. The summed E-state index contributed by atoms with van der Waals surface area (Å²) in [6.45, 7) is 5.75. The van der Waals surface area contributed by atoms with Crippen molar-refractivity contribution in [1.82, 2.24) is 10.2 Å². The van der Waals surface area contributed by atoms with E-state index in [1.165, 1.54) is 12.1 Å². The Morgan fingerprint density at radius 1 is 1.10 bits per heavy atom. The number of alkyl halides is 3. The average Bonchev–Trinajstić information content (AvgIpc) is 2.33. The van der Waals surface area contributed by atoms with E-state index in [9.17, 15) is 13.2 Å². The van der Waals surface area contributed by atoms with Gasteiger partial charge >= 0.3 is 6.18 Å². The summed E-state index contributed by atoms with van der Waals surface area (Å²) in [4.78, 5) is 2.10. The molecule has 5 heteroatoms. The lowest BCUT2D eigenvalue weighted by atomic mass is 10.0. The maximum atomic E-state index is 12.5. The van der Waals surface area contributed by atoms with Crippen molar-refractivity contribution in [3.63, 3.8) is 0 Å². The van der Waals surface area contributed by atoms with Crippen LogP contribution in [0.5, 0.6) is 0 Å². The van der Waals surface area contributed by atoms with Crippen LogP contribution in [0.15, 0.2) is 24.3 Å². The van der Waals surface area contributed by atoms with Crippen molar-refractivity contribution < 1.29 is 13.2 Å². The van der Waals surface area contributed by atoms with Gasteiger partial charge < -0.3 is 10.2 Å². The van der Waals surface area contributed by atoms with Crippen LogP contribution in [-0.2, 0) is 12.7 Å². The van der Waals surface area contributed by atoms with Crippen molar-refractivity contribution in [2.75, 3.05) is 20.6 Å². The Bertz CT molecular complexity index is 397. The van der Waals surface area contributed by atoms with E-state index >= 15 is 0 Å². The number of halogens is 3. The number of benzene rings is 1. The van der Waals surface area contributed by atoms with Gasteiger partial charge in [-0.25, -0.2) is 0 Å². The normalized spacial score (nSPS) is 14.1. The van der Waals surface area contributed by atoms with Crippen molar-refractivity contribution >= 4 is 0 Å². The first-order valence-corrected chi connectivity index (χ1v) is 6.74. The largest absolute Gasteiger partial charge is 0.416 e. The smallest absolute Gasteiger partial charge is 0.308 e. The second-order valence-corrected chi connectivity index (χ2v) is 5.69. The Kier molecular flexibility index (Phi) is 6.02. The van der Waals surface area contributed by atoms with Crippen LogP contribution in [0.1, 0.15) is 25.0 Å². The topological polar surface area (TPSA) is 15.3 Å². The zero-order valence-electron chi connectivity index (χ0n) is 12.5. The third-order valence-corrected chi connectivity index (χ3v) is 3.22. The Hall–Kier alpha value is -1.07. The molecule has 1 unspecified atom stereocenters. The molecule has 0 aliphatic rings. The van der Waals surface area contributed by atoms with Crippen molar-refractivity contribution in [3.05, 3.63) is 35.4 Å². The third-order valence-electron chi connectivity index (χ3n) is 3.22. The maximum absolute atomic E-state index is 12.5. The molecule has 0 amide bonds. The van der Waals surface area contributed by atoms with Gasteiger partial charge in [0.25, 0.3) is 0 Å². The van der Waals surface area contributed by atoms with E-state index in [0.29, 0.717) is 18.5 Å². The molecule has 0 aliphatic heterocycles. The van der Waals surface area contributed by atoms with Crippen LogP contribution in [-0.4, -0.2) is 31.6 Å². The number of rotatable bonds is 6. The van der Waals surface area contributed by atoms with Gasteiger partial charge in [-0.15, -0.1) is 0 Å². The quantitative estimate of drug-likeness (QED) is 0.863. The lowest BCUT2D eigenvalue weighted by Gasteiger charge is -2.25. The SMILES string of the molecule is CC(C)C(CN(C)C)NCc1ccc(C(F)(F)F)cc1. The van der Waals surface area contributed by atoms with E-state index in [4.69, 9.17) is 0 Å². The monoisotopic (exact) mass is 288 g/mol. The lowest BCUT2D eigenvalue weighted by molar-refractivity contribution is -0.137. The molecular weight excluding hydrogens is 265 g/mol. The van der Waals surface area contributed by atoms with Gasteiger partial charge in [-0.1, -0.05) is 26.0 Å². The van der Waals surface area contributed by atoms with Gasteiger partial charge in [0.2, 0.25) is 0 Å². The van der Waals surface area contributed by atoms with Crippen LogP contribution in [0, 0.1) is 5.92 Å². The van der Waals surface area contributed by atoms with Crippen LogP contribution in [0.3, 0.4) is 0 Å². The summed E-state index contributed by atoms with van der Waals surface area (Å²) in [5.74, 6) is 0.465. The maximum Gasteiger partial charge on any atom is 0.416 e. The van der Waals surface area contributed by atoms with Crippen LogP contribution < -0.4 is 5.32 Å². The molecule has 1 atom stereocenters. The summed E-state index contributed by atoms with van der Waals surface area (Å²) in [5, 5.41) is 3.40. The summed E-state index contributed by atoms with van der Waals surface area (Å²) in [6, 6.07) is 5.64. The minimum absolute atomic E-state index is 0.312. The minimum Gasteiger partial charge on any atom is -0.308 e. The second-order valence-electron chi connectivity index (χ2n) is 5.69. The van der Waals surface area contributed by atoms with Gasteiger partial charge in [0.05, 0.1) is 5.56 Å². The summed E-state index contributed by atoms with van der Waals surface area (Å²) in [5.41, 5.74) is 0.261. The fraction of sp³-hybridized carbons (Fsp3) is 0.600. The Labute approximate surface area is 119 Å². The van der Waals surface area contributed by atoms with E-state index < -0.39 is 11.7 Å². The molecule has 0 saturated heterocycles. The van der Waals surface area contributed by atoms with E-state index in [0.717, 1.165) is 24.2 Å². The highest BCUT2D eigenvalue weighted by Gasteiger charge is 2.29. The van der Waals surface area contributed by atoms with Crippen LogP contribution in [0.25, 0.3) is 0 Å². The number of nitrogens with one attached hydrogen (secondary N) is 1. The van der Waals surface area contributed by atoms with E-state index in [1.54, 1.807) is 0 Å². The summed E-state index contributed by atoms with van der Waals surface area (Å²) in [7, 11) is 4.02. The molecule has 0 saturated carbocycles. The first kappa shape index (κ1) is 17.0. The first-order valence-electron chi connectivity index (χ1n) is 6.74. The molecule has 2 nitrogen and oxygen atoms in total. The van der Waals surface area contributed by atoms with Crippen LogP contribution >= 0.6 is 0 Å². The Morgan fingerprint density at radius 3 is 2.05 bits per heavy atom.